The Bertz CT molecular complexity index is 294. The molecule has 1 aliphatic carbocycles. The Kier molecular flexibility index (Phi) is 4.28. The van der Waals surface area contributed by atoms with Crippen molar-refractivity contribution >= 4 is 5.91 Å². The maximum absolute atomic E-state index is 12.7. The zero-order valence-electron chi connectivity index (χ0n) is 11.7. The van der Waals surface area contributed by atoms with Gasteiger partial charge in [0.05, 0.1) is 5.54 Å². The van der Waals surface area contributed by atoms with Crippen LogP contribution in [0.25, 0.3) is 0 Å². The largest absolute Gasteiger partial charge is 0.381 e. The number of amides is 1. The van der Waals surface area contributed by atoms with E-state index in [1.807, 2.05) is 4.90 Å². The van der Waals surface area contributed by atoms with Crippen molar-refractivity contribution in [3.63, 3.8) is 0 Å². The lowest BCUT2D eigenvalue weighted by molar-refractivity contribution is -0.141. The number of rotatable bonds is 5. The number of hydrogen-bond donors (Lipinski definition) is 1. The number of carbonyl (C=O) groups excluding carboxylic acids is 1. The van der Waals surface area contributed by atoms with E-state index in [-0.39, 0.29) is 5.91 Å². The Hall–Kier alpha value is -0.610. The van der Waals surface area contributed by atoms with Gasteiger partial charge in [-0.3, -0.25) is 4.79 Å². The predicted octanol–water partition coefficient (Wildman–Crippen LogP) is 1.53. The van der Waals surface area contributed by atoms with E-state index < -0.39 is 5.54 Å². The quantitative estimate of drug-likeness (QED) is 0.809. The first kappa shape index (κ1) is 13.8. The van der Waals surface area contributed by atoms with Crippen molar-refractivity contribution < 1.29 is 9.53 Å². The maximum Gasteiger partial charge on any atom is 0.243 e. The molecule has 2 fully saturated rings. The van der Waals surface area contributed by atoms with Crippen LogP contribution in [0.4, 0.5) is 0 Å². The highest BCUT2D eigenvalue weighted by atomic mass is 16.5. The standard InChI is InChI=1S/C14H26N2O2/c1-11(2)5-8-16(12-3-4-12)13(17)14(15)6-9-18-10-7-14/h11-12H,3-10,15H2,1-2H3. The van der Waals surface area contributed by atoms with Crippen molar-refractivity contribution in [3.8, 4) is 0 Å². The van der Waals surface area contributed by atoms with E-state index in [1.54, 1.807) is 0 Å². The fraction of sp³-hybridized carbons (Fsp3) is 0.929. The molecular formula is C14H26N2O2. The minimum Gasteiger partial charge on any atom is -0.381 e. The van der Waals surface area contributed by atoms with E-state index in [0.29, 0.717) is 38.0 Å². The number of ether oxygens (including phenoxy) is 1. The van der Waals surface area contributed by atoms with Gasteiger partial charge in [0.25, 0.3) is 0 Å². The van der Waals surface area contributed by atoms with Crippen LogP contribution < -0.4 is 5.73 Å². The summed E-state index contributed by atoms with van der Waals surface area (Å²) in [5.74, 6) is 0.788. The second-order valence-corrected chi connectivity index (χ2v) is 6.18. The summed E-state index contributed by atoms with van der Waals surface area (Å²) in [6.07, 6.45) is 4.69. The first-order valence-corrected chi connectivity index (χ1v) is 7.20. The van der Waals surface area contributed by atoms with Crippen molar-refractivity contribution in [3.05, 3.63) is 0 Å². The molecule has 0 unspecified atom stereocenters. The van der Waals surface area contributed by atoms with Crippen molar-refractivity contribution in [2.24, 2.45) is 11.7 Å². The minimum atomic E-state index is -0.669. The fourth-order valence-corrected chi connectivity index (χ4v) is 2.47. The Morgan fingerprint density at radius 2 is 2.00 bits per heavy atom. The maximum atomic E-state index is 12.7. The molecule has 104 valence electrons. The van der Waals surface area contributed by atoms with E-state index in [9.17, 15) is 4.79 Å². The highest BCUT2D eigenvalue weighted by molar-refractivity contribution is 5.86. The smallest absolute Gasteiger partial charge is 0.243 e. The summed E-state index contributed by atoms with van der Waals surface area (Å²) < 4.78 is 5.32. The van der Waals surface area contributed by atoms with Crippen molar-refractivity contribution in [1.82, 2.24) is 4.90 Å². The molecule has 1 amide bonds. The van der Waals surface area contributed by atoms with Gasteiger partial charge < -0.3 is 15.4 Å². The predicted molar refractivity (Wildman–Crippen MR) is 71.2 cm³/mol. The second kappa shape index (κ2) is 5.57. The van der Waals surface area contributed by atoms with E-state index in [0.717, 1.165) is 25.8 Å². The molecule has 0 atom stereocenters. The van der Waals surface area contributed by atoms with Gasteiger partial charge in [-0.25, -0.2) is 0 Å². The Morgan fingerprint density at radius 3 is 2.50 bits per heavy atom. The third kappa shape index (κ3) is 3.23. The third-order valence-corrected chi connectivity index (χ3v) is 4.01. The highest BCUT2D eigenvalue weighted by Gasteiger charge is 2.43. The zero-order valence-corrected chi connectivity index (χ0v) is 11.7. The molecule has 0 aromatic heterocycles. The Morgan fingerprint density at radius 1 is 1.39 bits per heavy atom. The van der Waals surface area contributed by atoms with Crippen LogP contribution in [0.15, 0.2) is 0 Å². The average Bonchev–Trinajstić information content (AvgIpc) is 3.14. The van der Waals surface area contributed by atoms with Crippen LogP contribution in [-0.2, 0) is 9.53 Å². The van der Waals surface area contributed by atoms with Gasteiger partial charge in [-0.2, -0.15) is 0 Å². The summed E-state index contributed by atoms with van der Waals surface area (Å²) in [7, 11) is 0. The summed E-state index contributed by atoms with van der Waals surface area (Å²) in [4.78, 5) is 14.7. The number of nitrogens with two attached hydrogens (primary N) is 1. The Balaban J connectivity index is 1.98. The van der Waals surface area contributed by atoms with Gasteiger partial charge in [-0.15, -0.1) is 0 Å². The summed E-state index contributed by atoms with van der Waals surface area (Å²) in [6.45, 7) is 6.49. The normalized spacial score (nSPS) is 23.1. The van der Waals surface area contributed by atoms with E-state index >= 15 is 0 Å². The lowest BCUT2D eigenvalue weighted by atomic mass is 9.89. The van der Waals surface area contributed by atoms with E-state index in [1.165, 1.54) is 0 Å². The van der Waals surface area contributed by atoms with Crippen molar-refractivity contribution in [2.75, 3.05) is 19.8 Å². The average molecular weight is 254 g/mol. The summed E-state index contributed by atoms with van der Waals surface area (Å²) in [6, 6.07) is 0.458. The third-order valence-electron chi connectivity index (χ3n) is 4.01. The van der Waals surface area contributed by atoms with Crippen LogP contribution >= 0.6 is 0 Å². The van der Waals surface area contributed by atoms with Gasteiger partial charge in [-0.05, 0) is 38.0 Å². The molecule has 2 aliphatic rings. The second-order valence-electron chi connectivity index (χ2n) is 6.18. The molecule has 1 saturated carbocycles. The monoisotopic (exact) mass is 254 g/mol. The number of hydrogen-bond acceptors (Lipinski definition) is 3. The highest BCUT2D eigenvalue weighted by Crippen LogP contribution is 2.31. The molecule has 4 heteroatoms. The summed E-state index contributed by atoms with van der Waals surface area (Å²) >= 11 is 0. The fourth-order valence-electron chi connectivity index (χ4n) is 2.47. The molecule has 0 spiro atoms. The topological polar surface area (TPSA) is 55.6 Å². The zero-order chi connectivity index (χ0) is 13.2. The SMILES string of the molecule is CC(C)CCN(C(=O)C1(N)CCOCC1)C1CC1. The van der Waals surface area contributed by atoms with Crippen LogP contribution in [-0.4, -0.2) is 42.1 Å². The van der Waals surface area contributed by atoms with Gasteiger partial charge >= 0.3 is 0 Å². The summed E-state index contributed by atoms with van der Waals surface area (Å²) in [5.41, 5.74) is 5.64. The molecule has 0 bridgehead atoms. The molecule has 1 saturated heterocycles. The molecule has 2 rings (SSSR count). The van der Waals surface area contributed by atoms with E-state index in [4.69, 9.17) is 10.5 Å². The van der Waals surface area contributed by atoms with Crippen LogP contribution in [0.2, 0.25) is 0 Å². The van der Waals surface area contributed by atoms with Crippen molar-refractivity contribution in [2.45, 2.75) is 57.5 Å². The van der Waals surface area contributed by atoms with E-state index in [2.05, 4.69) is 13.8 Å². The van der Waals surface area contributed by atoms with Gasteiger partial charge in [0.1, 0.15) is 0 Å². The molecule has 0 aromatic rings. The van der Waals surface area contributed by atoms with Crippen LogP contribution in [0, 0.1) is 5.92 Å². The van der Waals surface area contributed by atoms with Gasteiger partial charge in [0.2, 0.25) is 5.91 Å². The molecule has 18 heavy (non-hydrogen) atoms. The molecule has 4 nitrogen and oxygen atoms in total. The first-order chi connectivity index (χ1) is 8.53. The van der Waals surface area contributed by atoms with Crippen LogP contribution in [0.1, 0.15) is 46.0 Å². The number of carbonyl (C=O) groups is 1. The van der Waals surface area contributed by atoms with Crippen molar-refractivity contribution in [1.29, 1.82) is 0 Å². The molecule has 1 aliphatic heterocycles. The minimum absolute atomic E-state index is 0.161. The lowest BCUT2D eigenvalue weighted by Gasteiger charge is -2.37. The molecule has 0 aromatic carbocycles. The first-order valence-electron chi connectivity index (χ1n) is 7.20. The van der Waals surface area contributed by atoms with Crippen LogP contribution in [0.5, 0.6) is 0 Å². The Labute approximate surface area is 110 Å². The molecular weight excluding hydrogens is 228 g/mol. The van der Waals surface area contributed by atoms with Gasteiger partial charge in [-0.1, -0.05) is 13.8 Å². The lowest BCUT2D eigenvalue weighted by Crippen LogP contribution is -2.58. The van der Waals surface area contributed by atoms with Crippen LogP contribution in [0.3, 0.4) is 0 Å². The van der Waals surface area contributed by atoms with Gasteiger partial charge in [0, 0.05) is 25.8 Å². The molecule has 0 radical (unpaired) electrons. The summed E-state index contributed by atoms with van der Waals surface area (Å²) in [5, 5.41) is 0. The molecule has 1 heterocycles. The number of nitrogens with zero attached hydrogens (tertiary/aromatic N) is 1. The van der Waals surface area contributed by atoms with Gasteiger partial charge in [0.15, 0.2) is 0 Å². The molecule has 2 N–H and O–H groups in total.